The normalized spacial score (nSPS) is 14.2. The molecule has 5 rings (SSSR count). The first-order chi connectivity index (χ1) is 20.3. The van der Waals surface area contributed by atoms with Crippen LogP contribution in [-0.4, -0.2) is 35.3 Å². The van der Waals surface area contributed by atoms with Crippen LogP contribution in [0.25, 0.3) is 16.8 Å². The van der Waals surface area contributed by atoms with Gasteiger partial charge >= 0.3 is 12.0 Å². The number of fused-ring (bicyclic) bond motifs is 1. The summed E-state index contributed by atoms with van der Waals surface area (Å²) in [5.41, 5.74) is 0.930. The van der Waals surface area contributed by atoms with E-state index in [1.54, 1.807) is 37.3 Å². The number of ether oxygens (including phenoxy) is 2. The van der Waals surface area contributed by atoms with E-state index in [1.165, 1.54) is 42.5 Å². The molecule has 1 heterocycles. The van der Waals surface area contributed by atoms with Crippen LogP contribution in [0.1, 0.15) is 28.4 Å². The number of benzene rings is 4. The predicted octanol–water partition coefficient (Wildman–Crippen LogP) is 5.17. The molecule has 1 aliphatic heterocycles. The standard InChI is InChI=1S/C31H23N3O8/c1-2-41-30(37)21-10-13-22(14-11-21)33-29(36)26(28(35)32-31(33)38)17-25-24-9-4-3-7-20(24)12-15-27(25)42-18-19-6-5-8-23(16-19)34(39)40/h3-17H,2,18H2,1H3,(H,32,35,38)/b26-17+. The SMILES string of the molecule is CCOC(=O)c1ccc(N2C(=O)NC(=O)/C(=C\c3c(OCc4cccc([N+](=O)[O-])c4)ccc4ccccc34)C2=O)cc1. The average molecular weight is 566 g/mol. The molecule has 1 fully saturated rings. The van der Waals surface area contributed by atoms with Crippen LogP contribution in [-0.2, 0) is 20.9 Å². The minimum atomic E-state index is -0.939. The maximum atomic E-state index is 13.6. The molecule has 210 valence electrons. The van der Waals surface area contributed by atoms with E-state index in [-0.39, 0.29) is 35.7 Å². The number of hydrogen-bond acceptors (Lipinski definition) is 8. The van der Waals surface area contributed by atoms with Crippen molar-refractivity contribution in [1.29, 1.82) is 0 Å². The number of nitro benzene ring substituents is 1. The van der Waals surface area contributed by atoms with Gasteiger partial charge in [0, 0.05) is 17.7 Å². The maximum Gasteiger partial charge on any atom is 0.338 e. The summed E-state index contributed by atoms with van der Waals surface area (Å²) in [7, 11) is 0. The number of non-ortho nitro benzene ring substituents is 1. The van der Waals surface area contributed by atoms with Crippen molar-refractivity contribution in [2.45, 2.75) is 13.5 Å². The van der Waals surface area contributed by atoms with E-state index in [0.717, 1.165) is 10.3 Å². The summed E-state index contributed by atoms with van der Waals surface area (Å²) in [5.74, 6) is -1.99. The van der Waals surface area contributed by atoms with Crippen LogP contribution in [0.5, 0.6) is 5.75 Å². The largest absolute Gasteiger partial charge is 0.488 e. The molecule has 0 saturated carbocycles. The number of hydrogen-bond donors (Lipinski definition) is 1. The molecule has 1 saturated heterocycles. The number of imide groups is 2. The van der Waals surface area contributed by atoms with Crippen LogP contribution in [0.4, 0.5) is 16.2 Å². The molecule has 11 heteroatoms. The third-order valence-corrected chi connectivity index (χ3v) is 6.47. The average Bonchev–Trinajstić information content (AvgIpc) is 2.99. The number of carbonyl (C=O) groups is 4. The van der Waals surface area contributed by atoms with Crippen molar-refractivity contribution in [1.82, 2.24) is 5.32 Å². The van der Waals surface area contributed by atoms with E-state index in [4.69, 9.17) is 9.47 Å². The summed E-state index contributed by atoms with van der Waals surface area (Å²) in [5, 5.41) is 14.8. The molecule has 1 aliphatic rings. The van der Waals surface area contributed by atoms with Gasteiger partial charge in [0.15, 0.2) is 0 Å². The zero-order valence-corrected chi connectivity index (χ0v) is 22.2. The second kappa shape index (κ2) is 11.7. The third-order valence-electron chi connectivity index (χ3n) is 6.47. The topological polar surface area (TPSA) is 145 Å². The number of urea groups is 1. The number of rotatable bonds is 8. The zero-order valence-electron chi connectivity index (χ0n) is 22.2. The number of anilines is 1. The summed E-state index contributed by atoms with van der Waals surface area (Å²) in [4.78, 5) is 62.7. The van der Waals surface area contributed by atoms with Crippen molar-refractivity contribution < 1.29 is 33.6 Å². The van der Waals surface area contributed by atoms with Crippen LogP contribution < -0.4 is 15.0 Å². The molecule has 1 N–H and O–H groups in total. The van der Waals surface area contributed by atoms with Gasteiger partial charge in [-0.1, -0.05) is 42.5 Å². The highest BCUT2D eigenvalue weighted by molar-refractivity contribution is 6.39. The molecule has 0 aliphatic carbocycles. The number of nitrogens with zero attached hydrogens (tertiary/aromatic N) is 2. The molecule has 4 aromatic carbocycles. The van der Waals surface area contributed by atoms with E-state index in [1.807, 2.05) is 18.2 Å². The number of amides is 4. The van der Waals surface area contributed by atoms with E-state index >= 15 is 0 Å². The fraction of sp³-hybridized carbons (Fsp3) is 0.0968. The molecule has 11 nitrogen and oxygen atoms in total. The number of esters is 1. The molecule has 0 spiro atoms. The second-order valence-corrected chi connectivity index (χ2v) is 9.14. The van der Waals surface area contributed by atoms with E-state index in [0.29, 0.717) is 22.3 Å². The van der Waals surface area contributed by atoms with Gasteiger partial charge in [0.1, 0.15) is 17.9 Å². The first-order valence-corrected chi connectivity index (χ1v) is 12.8. The second-order valence-electron chi connectivity index (χ2n) is 9.14. The van der Waals surface area contributed by atoms with Crippen LogP contribution in [0, 0.1) is 10.1 Å². The lowest BCUT2D eigenvalue weighted by Gasteiger charge is -2.26. The van der Waals surface area contributed by atoms with Gasteiger partial charge in [-0.25, -0.2) is 14.5 Å². The monoisotopic (exact) mass is 565 g/mol. The molecular formula is C31H23N3O8. The Labute approximate surface area is 239 Å². The summed E-state index contributed by atoms with van der Waals surface area (Å²) in [6.45, 7) is 1.84. The Morgan fingerprint density at radius 2 is 1.74 bits per heavy atom. The van der Waals surface area contributed by atoms with Crippen LogP contribution in [0.15, 0.2) is 90.5 Å². The Morgan fingerprint density at radius 3 is 2.48 bits per heavy atom. The summed E-state index contributed by atoms with van der Waals surface area (Å²) in [6.07, 6.45) is 1.36. The van der Waals surface area contributed by atoms with Gasteiger partial charge in [0.05, 0.1) is 22.8 Å². The van der Waals surface area contributed by atoms with Gasteiger partial charge in [0.2, 0.25) is 0 Å². The van der Waals surface area contributed by atoms with Crippen molar-refractivity contribution in [3.05, 3.63) is 117 Å². The van der Waals surface area contributed by atoms with E-state index in [9.17, 15) is 29.3 Å². The predicted molar refractivity (Wildman–Crippen MR) is 153 cm³/mol. The molecule has 42 heavy (non-hydrogen) atoms. The van der Waals surface area contributed by atoms with Gasteiger partial charge in [-0.3, -0.25) is 25.0 Å². The Hall–Kier alpha value is -5.84. The van der Waals surface area contributed by atoms with Gasteiger partial charge in [-0.15, -0.1) is 0 Å². The number of nitro groups is 1. The Bertz CT molecular complexity index is 1780. The Kier molecular flexibility index (Phi) is 7.74. The van der Waals surface area contributed by atoms with Crippen LogP contribution >= 0.6 is 0 Å². The van der Waals surface area contributed by atoms with E-state index in [2.05, 4.69) is 5.32 Å². The van der Waals surface area contributed by atoms with E-state index < -0.39 is 28.7 Å². The Balaban J connectivity index is 1.52. The molecule has 4 aromatic rings. The minimum absolute atomic E-state index is 0.0201. The highest BCUT2D eigenvalue weighted by atomic mass is 16.6. The number of carbonyl (C=O) groups excluding carboxylic acids is 4. The highest BCUT2D eigenvalue weighted by Crippen LogP contribution is 2.32. The molecule has 0 bridgehead atoms. The lowest BCUT2D eigenvalue weighted by Crippen LogP contribution is -2.54. The quantitative estimate of drug-likeness (QED) is 0.101. The van der Waals surface area contributed by atoms with Crippen molar-refractivity contribution in [3.63, 3.8) is 0 Å². The van der Waals surface area contributed by atoms with Crippen LogP contribution in [0.2, 0.25) is 0 Å². The lowest BCUT2D eigenvalue weighted by molar-refractivity contribution is -0.384. The maximum absolute atomic E-state index is 13.6. The first-order valence-electron chi connectivity index (χ1n) is 12.8. The molecular weight excluding hydrogens is 542 g/mol. The van der Waals surface area contributed by atoms with Gasteiger partial charge in [-0.2, -0.15) is 0 Å². The van der Waals surface area contributed by atoms with Gasteiger partial charge in [0.25, 0.3) is 17.5 Å². The van der Waals surface area contributed by atoms with Crippen molar-refractivity contribution in [2.75, 3.05) is 11.5 Å². The lowest BCUT2D eigenvalue weighted by atomic mass is 9.99. The van der Waals surface area contributed by atoms with Crippen LogP contribution in [0.3, 0.4) is 0 Å². The fourth-order valence-electron chi connectivity index (χ4n) is 4.47. The van der Waals surface area contributed by atoms with Gasteiger partial charge in [-0.05, 0) is 59.7 Å². The summed E-state index contributed by atoms with van der Waals surface area (Å²) in [6, 6.07) is 21.5. The summed E-state index contributed by atoms with van der Waals surface area (Å²) < 4.78 is 11.0. The Morgan fingerprint density at radius 1 is 0.976 bits per heavy atom. The smallest absolute Gasteiger partial charge is 0.338 e. The van der Waals surface area contributed by atoms with Gasteiger partial charge < -0.3 is 9.47 Å². The van der Waals surface area contributed by atoms with Crippen molar-refractivity contribution in [3.8, 4) is 5.75 Å². The summed E-state index contributed by atoms with van der Waals surface area (Å²) >= 11 is 0. The zero-order chi connectivity index (χ0) is 29.8. The molecule has 0 aromatic heterocycles. The fourth-order valence-corrected chi connectivity index (χ4v) is 4.47. The third kappa shape index (κ3) is 5.56. The molecule has 0 radical (unpaired) electrons. The van der Waals surface area contributed by atoms with Crippen molar-refractivity contribution >= 4 is 52.0 Å². The first kappa shape index (κ1) is 27.7. The molecule has 4 amide bonds. The molecule has 0 unspecified atom stereocenters. The van der Waals surface area contributed by atoms with Crippen molar-refractivity contribution in [2.24, 2.45) is 0 Å². The minimum Gasteiger partial charge on any atom is -0.488 e. The number of nitrogens with one attached hydrogen (secondary N) is 1. The molecule has 0 atom stereocenters. The number of barbiturate groups is 1. The highest BCUT2D eigenvalue weighted by Gasteiger charge is 2.37.